The van der Waals surface area contributed by atoms with Crippen LogP contribution in [0.3, 0.4) is 0 Å². The number of nitrogens with one attached hydrogen (secondary N) is 1. The van der Waals surface area contributed by atoms with Gasteiger partial charge in [0.1, 0.15) is 0 Å². The van der Waals surface area contributed by atoms with E-state index in [9.17, 15) is 0 Å². The largest absolute Gasteiger partial charge is 0.317 e. The Morgan fingerprint density at radius 3 is 2.50 bits per heavy atom. The van der Waals surface area contributed by atoms with Crippen LogP contribution in [-0.4, -0.2) is 22.9 Å². The first-order valence-electron chi connectivity index (χ1n) is 6.53. The zero-order valence-corrected chi connectivity index (χ0v) is 12.8. The second kappa shape index (κ2) is 5.81. The minimum Gasteiger partial charge on any atom is -0.317 e. The number of piperidine rings is 1. The van der Waals surface area contributed by atoms with Crippen LogP contribution in [0.15, 0.2) is 0 Å². The maximum absolute atomic E-state index is 4.83. The van der Waals surface area contributed by atoms with E-state index in [4.69, 9.17) is 5.10 Å². The number of hydrogen-bond acceptors (Lipinski definition) is 2. The van der Waals surface area contributed by atoms with Gasteiger partial charge in [0, 0.05) is 18.2 Å². The number of nitrogens with zero attached hydrogens (tertiary/aromatic N) is 2. The molecule has 1 aromatic rings. The van der Waals surface area contributed by atoms with Crippen LogP contribution in [-0.2, 0) is 25.3 Å². The van der Waals surface area contributed by atoms with Crippen molar-refractivity contribution in [1.82, 2.24) is 15.1 Å². The Bertz CT molecular complexity index is 409. The Kier molecular flexibility index (Phi) is 5.10. The van der Waals surface area contributed by atoms with Gasteiger partial charge in [-0.3, -0.25) is 4.68 Å². The first-order valence-corrected chi connectivity index (χ1v) is 6.53. The summed E-state index contributed by atoms with van der Waals surface area (Å²) in [5.41, 5.74) is 4.90. The minimum atomic E-state index is 0. The van der Waals surface area contributed by atoms with Gasteiger partial charge in [0.15, 0.2) is 0 Å². The van der Waals surface area contributed by atoms with Crippen molar-refractivity contribution in [2.45, 2.75) is 44.4 Å². The summed E-state index contributed by atoms with van der Waals surface area (Å²) >= 11 is 0. The highest BCUT2D eigenvalue weighted by molar-refractivity contribution is 5.85. The number of hydrogen-bond donors (Lipinski definition) is 1. The summed E-state index contributed by atoms with van der Waals surface area (Å²) in [5.74, 6) is 0. The van der Waals surface area contributed by atoms with E-state index in [1.165, 1.54) is 37.1 Å². The normalized spacial score (nSPS) is 20.1. The van der Waals surface area contributed by atoms with Crippen molar-refractivity contribution in [3.05, 3.63) is 17.0 Å². The minimum absolute atomic E-state index is 0. The number of aryl methyl sites for hydroxylation is 1. The van der Waals surface area contributed by atoms with E-state index in [2.05, 4.69) is 24.0 Å². The van der Waals surface area contributed by atoms with E-state index in [1.807, 2.05) is 0 Å². The van der Waals surface area contributed by atoms with Crippen LogP contribution in [0.25, 0.3) is 0 Å². The molecule has 0 amide bonds. The second-order valence-corrected chi connectivity index (χ2v) is 5.28. The van der Waals surface area contributed by atoms with Crippen molar-refractivity contribution in [2.24, 2.45) is 7.05 Å². The van der Waals surface area contributed by atoms with Crippen molar-refractivity contribution >= 4 is 24.8 Å². The molecule has 3 nitrogen and oxygen atoms in total. The fourth-order valence-corrected chi connectivity index (χ4v) is 3.61. The predicted octanol–water partition coefficient (Wildman–Crippen LogP) is 2.39. The lowest BCUT2D eigenvalue weighted by atomic mass is 9.77. The summed E-state index contributed by atoms with van der Waals surface area (Å²) in [6.45, 7) is 4.57. The van der Waals surface area contributed by atoms with Crippen LogP contribution in [0.1, 0.15) is 43.1 Å². The maximum Gasteiger partial charge on any atom is 0.0722 e. The molecule has 18 heavy (non-hydrogen) atoms. The average Bonchev–Trinajstić information content (AvgIpc) is 2.79. The number of aromatic nitrogens is 2. The lowest BCUT2D eigenvalue weighted by Gasteiger charge is -2.33. The summed E-state index contributed by atoms with van der Waals surface area (Å²) in [7, 11) is 2.10. The third kappa shape index (κ3) is 2.17. The van der Waals surface area contributed by atoms with Crippen LogP contribution in [0.4, 0.5) is 0 Å². The second-order valence-electron chi connectivity index (χ2n) is 5.28. The molecule has 0 radical (unpaired) electrons. The molecule has 0 atom stereocenters. The monoisotopic (exact) mass is 291 g/mol. The zero-order chi connectivity index (χ0) is 11.2. The molecule has 0 saturated carbocycles. The molecular weight excluding hydrogens is 269 g/mol. The van der Waals surface area contributed by atoms with E-state index in [1.54, 1.807) is 5.56 Å². The van der Waals surface area contributed by atoms with Gasteiger partial charge in [0.05, 0.1) is 5.69 Å². The van der Waals surface area contributed by atoms with Gasteiger partial charge in [-0.2, -0.15) is 5.10 Å². The van der Waals surface area contributed by atoms with E-state index in [-0.39, 0.29) is 24.8 Å². The van der Waals surface area contributed by atoms with Gasteiger partial charge in [0.25, 0.3) is 0 Å². The van der Waals surface area contributed by atoms with Crippen molar-refractivity contribution in [1.29, 1.82) is 0 Å². The third-order valence-electron chi connectivity index (χ3n) is 4.53. The van der Waals surface area contributed by atoms with Crippen LogP contribution in [0.2, 0.25) is 0 Å². The van der Waals surface area contributed by atoms with Crippen molar-refractivity contribution in [2.75, 3.05) is 13.1 Å². The van der Waals surface area contributed by atoms with Crippen LogP contribution in [0.5, 0.6) is 0 Å². The Labute approximate surface area is 122 Å². The maximum atomic E-state index is 4.83. The SMILES string of the molecule is CCc1c2c(nn1C)C1(CCNCC1)CC2.Cl.Cl. The smallest absolute Gasteiger partial charge is 0.0722 e. The van der Waals surface area contributed by atoms with Gasteiger partial charge in [-0.25, -0.2) is 0 Å². The molecule has 5 heteroatoms. The van der Waals surface area contributed by atoms with Gasteiger partial charge >= 0.3 is 0 Å². The lowest BCUT2D eigenvalue weighted by Crippen LogP contribution is -2.38. The molecule has 0 bridgehead atoms. The van der Waals surface area contributed by atoms with Crippen molar-refractivity contribution in [3.63, 3.8) is 0 Å². The van der Waals surface area contributed by atoms with E-state index < -0.39 is 0 Å². The zero-order valence-electron chi connectivity index (χ0n) is 11.2. The van der Waals surface area contributed by atoms with E-state index in [0.717, 1.165) is 19.5 Å². The Morgan fingerprint density at radius 2 is 1.89 bits per heavy atom. The molecule has 0 unspecified atom stereocenters. The molecule has 2 heterocycles. The van der Waals surface area contributed by atoms with E-state index in [0.29, 0.717) is 5.41 Å². The molecule has 3 rings (SSSR count). The van der Waals surface area contributed by atoms with Gasteiger partial charge in [-0.1, -0.05) is 6.92 Å². The first-order chi connectivity index (χ1) is 7.77. The quantitative estimate of drug-likeness (QED) is 0.861. The molecule has 1 spiro atoms. The molecule has 104 valence electrons. The molecule has 1 aromatic heterocycles. The topological polar surface area (TPSA) is 29.9 Å². The third-order valence-corrected chi connectivity index (χ3v) is 4.53. The molecule has 1 aliphatic carbocycles. The van der Waals surface area contributed by atoms with E-state index >= 15 is 0 Å². The molecule has 1 N–H and O–H groups in total. The van der Waals surface area contributed by atoms with Gasteiger partial charge in [-0.15, -0.1) is 24.8 Å². The fourth-order valence-electron chi connectivity index (χ4n) is 3.61. The summed E-state index contributed by atoms with van der Waals surface area (Å²) in [5, 5.41) is 8.30. The highest BCUT2D eigenvalue weighted by atomic mass is 35.5. The van der Waals surface area contributed by atoms with Gasteiger partial charge in [0.2, 0.25) is 0 Å². The van der Waals surface area contributed by atoms with Crippen LogP contribution in [0, 0.1) is 0 Å². The van der Waals surface area contributed by atoms with Gasteiger partial charge in [-0.05, 0) is 50.8 Å². The fraction of sp³-hybridized carbons (Fsp3) is 0.769. The summed E-state index contributed by atoms with van der Waals surface area (Å²) in [6.07, 6.45) is 6.26. The predicted molar refractivity (Wildman–Crippen MR) is 79.2 cm³/mol. The summed E-state index contributed by atoms with van der Waals surface area (Å²) < 4.78 is 2.12. The number of halogens is 2. The standard InChI is InChI=1S/C13H21N3.2ClH/c1-3-11-10-4-5-13(6-8-14-9-7-13)12(10)15-16(11)2;;/h14H,3-9H2,1-2H3;2*1H. The van der Waals surface area contributed by atoms with Crippen LogP contribution >= 0.6 is 24.8 Å². The molecular formula is C13H23Cl2N3. The molecule has 1 saturated heterocycles. The molecule has 0 aromatic carbocycles. The summed E-state index contributed by atoms with van der Waals surface area (Å²) in [6, 6.07) is 0. The highest BCUT2D eigenvalue weighted by Crippen LogP contribution is 2.45. The molecule has 1 fully saturated rings. The van der Waals surface area contributed by atoms with Crippen molar-refractivity contribution in [3.8, 4) is 0 Å². The number of fused-ring (bicyclic) bond motifs is 2. The Morgan fingerprint density at radius 1 is 1.22 bits per heavy atom. The Hall–Kier alpha value is -0.250. The van der Waals surface area contributed by atoms with Crippen LogP contribution < -0.4 is 5.32 Å². The Balaban J connectivity index is 0.000000810. The van der Waals surface area contributed by atoms with Crippen molar-refractivity contribution < 1.29 is 0 Å². The lowest BCUT2D eigenvalue weighted by molar-refractivity contribution is 0.296. The molecule has 2 aliphatic rings. The summed E-state index contributed by atoms with van der Waals surface area (Å²) in [4.78, 5) is 0. The highest BCUT2D eigenvalue weighted by Gasteiger charge is 2.43. The average molecular weight is 292 g/mol. The first kappa shape index (κ1) is 15.8. The molecule has 1 aliphatic heterocycles. The van der Waals surface area contributed by atoms with Gasteiger partial charge < -0.3 is 5.32 Å². The number of rotatable bonds is 1.